The fraction of sp³-hybridized carbons (Fsp3) is 0.500. The Morgan fingerprint density at radius 3 is 2.18 bits per heavy atom. The van der Waals surface area contributed by atoms with Crippen molar-refractivity contribution in [2.45, 2.75) is 44.8 Å². The number of hydrogen-bond donors (Lipinski definition) is 0. The first-order valence-electron chi connectivity index (χ1n) is 12.2. The van der Waals surface area contributed by atoms with Crippen LogP contribution < -0.4 is 4.90 Å². The van der Waals surface area contributed by atoms with Gasteiger partial charge in [-0.15, -0.1) is 0 Å². The molecular formula is C28H35NO5. The molecule has 4 rings (SSSR count). The molecule has 5 atom stereocenters. The van der Waals surface area contributed by atoms with E-state index in [1.807, 2.05) is 6.07 Å². The third-order valence-electron chi connectivity index (χ3n) is 7.50. The van der Waals surface area contributed by atoms with Crippen LogP contribution in [-0.2, 0) is 23.8 Å². The Kier molecular flexibility index (Phi) is 7.57. The minimum Gasteiger partial charge on any atom is -0.465 e. The molecule has 0 saturated heterocycles. The highest BCUT2D eigenvalue weighted by Crippen LogP contribution is 2.52. The van der Waals surface area contributed by atoms with Crippen molar-refractivity contribution in [2.75, 3.05) is 32.3 Å². The minimum absolute atomic E-state index is 0.0927. The van der Waals surface area contributed by atoms with Crippen molar-refractivity contribution in [2.24, 2.45) is 17.8 Å². The predicted octanol–water partition coefficient (Wildman–Crippen LogP) is 4.42. The van der Waals surface area contributed by atoms with E-state index in [2.05, 4.69) is 60.5 Å². The molecule has 6 heteroatoms. The van der Waals surface area contributed by atoms with Crippen molar-refractivity contribution in [3.05, 3.63) is 65.7 Å². The van der Waals surface area contributed by atoms with Crippen LogP contribution in [0.15, 0.2) is 54.6 Å². The van der Waals surface area contributed by atoms with E-state index in [1.165, 1.54) is 16.8 Å². The van der Waals surface area contributed by atoms with Crippen LogP contribution in [0.1, 0.15) is 43.7 Å². The Bertz CT molecular complexity index is 975. The molecule has 0 unspecified atom stereocenters. The van der Waals surface area contributed by atoms with Crippen LogP contribution in [0.25, 0.3) is 0 Å². The second-order valence-electron chi connectivity index (χ2n) is 9.19. The number of benzene rings is 2. The van der Waals surface area contributed by atoms with E-state index in [4.69, 9.17) is 14.2 Å². The molecule has 1 aliphatic heterocycles. The van der Waals surface area contributed by atoms with Gasteiger partial charge in [0.15, 0.2) is 5.92 Å². The highest BCUT2D eigenvalue weighted by molar-refractivity contribution is 5.95. The fourth-order valence-electron chi connectivity index (χ4n) is 6.11. The van der Waals surface area contributed by atoms with Gasteiger partial charge < -0.3 is 19.1 Å². The summed E-state index contributed by atoms with van der Waals surface area (Å²) in [4.78, 5) is 28.1. The smallest absolute Gasteiger partial charge is 0.320 e. The van der Waals surface area contributed by atoms with Gasteiger partial charge in [0.1, 0.15) is 0 Å². The second kappa shape index (κ2) is 10.6. The molecule has 2 aromatic rings. The van der Waals surface area contributed by atoms with Gasteiger partial charge in [0.2, 0.25) is 0 Å². The van der Waals surface area contributed by atoms with Gasteiger partial charge in [-0.25, -0.2) is 0 Å². The topological polar surface area (TPSA) is 65.1 Å². The average Bonchev–Trinajstić information content (AvgIpc) is 2.85. The van der Waals surface area contributed by atoms with Crippen LogP contribution in [0.5, 0.6) is 0 Å². The SMILES string of the molecule is CCOC(=O)C(C(=O)OCC)[C@H]1C[C@@H](OC)[C@@H]2[C@@H](c3ccccc3)c3ccccc3N(C)[C@H]2C1. The monoisotopic (exact) mass is 465 g/mol. The number of rotatable bonds is 7. The van der Waals surface area contributed by atoms with Crippen molar-refractivity contribution < 1.29 is 23.8 Å². The van der Waals surface area contributed by atoms with Crippen LogP contribution in [0.3, 0.4) is 0 Å². The maximum atomic E-state index is 12.9. The van der Waals surface area contributed by atoms with Crippen molar-refractivity contribution >= 4 is 17.6 Å². The lowest BCUT2D eigenvalue weighted by Gasteiger charge is -2.53. The van der Waals surface area contributed by atoms with Crippen molar-refractivity contribution in [1.29, 1.82) is 0 Å². The Morgan fingerprint density at radius 2 is 1.56 bits per heavy atom. The quantitative estimate of drug-likeness (QED) is 0.446. The standard InChI is InChI=1S/C28H35NO5/c1-5-33-27(30)25(28(31)34-6-2)19-16-22-26(23(17-19)32-4)24(18-12-8-7-9-13-18)20-14-10-11-15-21(20)29(22)3/h7-15,19,22-26H,5-6,16-17H2,1-4H3/t19-,22+,23-,24+,26-/m1/s1. The molecule has 1 aliphatic carbocycles. The zero-order chi connectivity index (χ0) is 24.2. The van der Waals surface area contributed by atoms with Crippen LogP contribution in [0, 0.1) is 17.8 Å². The molecule has 0 bridgehead atoms. The molecule has 1 heterocycles. The molecule has 0 N–H and O–H groups in total. The summed E-state index contributed by atoms with van der Waals surface area (Å²) in [6, 6.07) is 19.2. The van der Waals surface area contributed by atoms with E-state index < -0.39 is 17.9 Å². The predicted molar refractivity (Wildman–Crippen MR) is 131 cm³/mol. The Labute approximate surface area is 202 Å². The average molecular weight is 466 g/mol. The summed E-state index contributed by atoms with van der Waals surface area (Å²) in [7, 11) is 3.84. The molecule has 2 aliphatic rings. The highest BCUT2D eigenvalue weighted by Gasteiger charge is 2.52. The number of nitrogens with zero attached hydrogens (tertiary/aromatic N) is 1. The number of methoxy groups -OCH3 is 1. The van der Waals surface area contributed by atoms with Gasteiger partial charge in [0, 0.05) is 37.7 Å². The van der Waals surface area contributed by atoms with Crippen LogP contribution in [-0.4, -0.2) is 51.5 Å². The van der Waals surface area contributed by atoms with E-state index in [0.29, 0.717) is 12.8 Å². The summed E-state index contributed by atoms with van der Waals surface area (Å²) in [5.41, 5.74) is 3.72. The third kappa shape index (κ3) is 4.43. The summed E-state index contributed by atoms with van der Waals surface area (Å²) < 4.78 is 16.7. The third-order valence-corrected chi connectivity index (χ3v) is 7.50. The van der Waals surface area contributed by atoms with Crippen molar-refractivity contribution in [1.82, 2.24) is 0 Å². The van der Waals surface area contributed by atoms with Crippen LogP contribution >= 0.6 is 0 Å². The number of carbonyl (C=O) groups is 2. The number of para-hydroxylation sites is 1. The molecule has 0 spiro atoms. The van der Waals surface area contributed by atoms with Gasteiger partial charge in [-0.05, 0) is 49.8 Å². The lowest BCUT2D eigenvalue weighted by molar-refractivity contribution is -0.166. The van der Waals surface area contributed by atoms with Gasteiger partial charge in [0.05, 0.1) is 19.3 Å². The summed E-state index contributed by atoms with van der Waals surface area (Å²) in [5.74, 6) is -1.84. The molecule has 2 aromatic carbocycles. The van der Waals surface area contributed by atoms with Gasteiger partial charge in [-0.1, -0.05) is 48.5 Å². The van der Waals surface area contributed by atoms with Gasteiger partial charge >= 0.3 is 11.9 Å². The van der Waals surface area contributed by atoms with Gasteiger partial charge in [0.25, 0.3) is 0 Å². The molecule has 1 fully saturated rings. The van der Waals surface area contributed by atoms with Crippen LogP contribution in [0.4, 0.5) is 5.69 Å². The lowest BCUT2D eigenvalue weighted by Crippen LogP contribution is -2.56. The number of carbonyl (C=O) groups excluding carboxylic acids is 2. The lowest BCUT2D eigenvalue weighted by atomic mass is 9.62. The molecular weight excluding hydrogens is 430 g/mol. The van der Waals surface area contributed by atoms with E-state index >= 15 is 0 Å². The zero-order valence-electron chi connectivity index (χ0n) is 20.5. The first-order valence-corrected chi connectivity index (χ1v) is 12.2. The molecule has 1 saturated carbocycles. The van der Waals surface area contributed by atoms with Crippen molar-refractivity contribution in [3.8, 4) is 0 Å². The first-order chi connectivity index (χ1) is 16.5. The molecule has 0 radical (unpaired) electrons. The van der Waals surface area contributed by atoms with E-state index in [1.54, 1.807) is 21.0 Å². The Morgan fingerprint density at radius 1 is 0.941 bits per heavy atom. The number of fused-ring (bicyclic) bond motifs is 2. The minimum atomic E-state index is -0.945. The number of esters is 2. The summed E-state index contributed by atoms with van der Waals surface area (Å²) in [6.07, 6.45) is 1.15. The Hall–Kier alpha value is -2.86. The largest absolute Gasteiger partial charge is 0.465 e. The molecule has 0 amide bonds. The molecule has 0 aromatic heterocycles. The van der Waals surface area contributed by atoms with Gasteiger partial charge in [-0.3, -0.25) is 9.59 Å². The number of anilines is 1. The number of ether oxygens (including phenoxy) is 3. The van der Waals surface area contributed by atoms with E-state index in [0.717, 1.165) is 0 Å². The second-order valence-corrected chi connectivity index (χ2v) is 9.19. The summed E-state index contributed by atoms with van der Waals surface area (Å²) >= 11 is 0. The maximum absolute atomic E-state index is 12.9. The summed E-state index contributed by atoms with van der Waals surface area (Å²) in [5, 5.41) is 0. The van der Waals surface area contributed by atoms with Gasteiger partial charge in [-0.2, -0.15) is 0 Å². The Balaban J connectivity index is 1.76. The molecule has 34 heavy (non-hydrogen) atoms. The highest BCUT2D eigenvalue weighted by atomic mass is 16.6. The first kappa shape index (κ1) is 24.3. The molecule has 182 valence electrons. The number of hydrogen-bond acceptors (Lipinski definition) is 6. The summed E-state index contributed by atoms with van der Waals surface area (Å²) in [6.45, 7) is 3.96. The zero-order valence-corrected chi connectivity index (χ0v) is 20.5. The van der Waals surface area contributed by atoms with E-state index in [9.17, 15) is 9.59 Å². The molecule has 6 nitrogen and oxygen atoms in total. The van der Waals surface area contributed by atoms with Crippen molar-refractivity contribution in [3.63, 3.8) is 0 Å². The fourth-order valence-corrected chi connectivity index (χ4v) is 6.11. The maximum Gasteiger partial charge on any atom is 0.320 e. The normalized spacial score (nSPS) is 25.9. The van der Waals surface area contributed by atoms with Crippen LogP contribution in [0.2, 0.25) is 0 Å². The van der Waals surface area contributed by atoms with E-state index in [-0.39, 0.29) is 43.1 Å².